The maximum atomic E-state index is 13.6. The first kappa shape index (κ1) is 17.6. The summed E-state index contributed by atoms with van der Waals surface area (Å²) in [7, 11) is 0. The SMILES string of the molecule is CC(SCc1csc(-c2ccco2)n1)C(=O)Nc1cc(F)ccc1F. The molecule has 4 nitrogen and oxygen atoms in total. The summed E-state index contributed by atoms with van der Waals surface area (Å²) in [5, 5.41) is 4.64. The van der Waals surface area contributed by atoms with Gasteiger partial charge >= 0.3 is 0 Å². The number of nitrogens with zero attached hydrogens (tertiary/aromatic N) is 1. The molecule has 1 N–H and O–H groups in total. The highest BCUT2D eigenvalue weighted by Crippen LogP contribution is 2.27. The fourth-order valence-corrected chi connectivity index (χ4v) is 3.67. The van der Waals surface area contributed by atoms with Crippen LogP contribution in [0.25, 0.3) is 10.8 Å². The Labute approximate surface area is 151 Å². The van der Waals surface area contributed by atoms with Crippen LogP contribution in [-0.4, -0.2) is 16.1 Å². The molecule has 0 radical (unpaired) electrons. The lowest BCUT2D eigenvalue weighted by Gasteiger charge is -2.12. The fourth-order valence-electron chi connectivity index (χ4n) is 2.00. The lowest BCUT2D eigenvalue weighted by molar-refractivity contribution is -0.115. The number of thiazole rings is 1. The molecule has 0 saturated heterocycles. The standard InChI is InChI=1S/C17H14F2N2O2S2/c1-10(16(22)21-14-7-11(18)4-5-13(14)19)24-8-12-9-25-17(20-12)15-3-2-6-23-15/h2-7,9-10H,8H2,1H3,(H,21,22). The summed E-state index contributed by atoms with van der Waals surface area (Å²) in [4.78, 5) is 16.6. The van der Waals surface area contributed by atoms with Gasteiger partial charge in [-0.15, -0.1) is 23.1 Å². The van der Waals surface area contributed by atoms with Crippen LogP contribution in [0.5, 0.6) is 0 Å². The summed E-state index contributed by atoms with van der Waals surface area (Å²) in [6, 6.07) is 6.57. The maximum Gasteiger partial charge on any atom is 0.237 e. The van der Waals surface area contributed by atoms with Gasteiger partial charge < -0.3 is 9.73 Å². The first-order valence-corrected chi connectivity index (χ1v) is 9.31. The largest absolute Gasteiger partial charge is 0.462 e. The third kappa shape index (κ3) is 4.46. The van der Waals surface area contributed by atoms with Gasteiger partial charge in [-0.1, -0.05) is 0 Å². The summed E-state index contributed by atoms with van der Waals surface area (Å²) < 4.78 is 32.0. The van der Waals surface area contributed by atoms with Gasteiger partial charge in [-0.05, 0) is 31.2 Å². The number of anilines is 1. The molecule has 0 saturated carbocycles. The molecule has 0 aliphatic carbocycles. The monoisotopic (exact) mass is 380 g/mol. The van der Waals surface area contributed by atoms with Gasteiger partial charge in [-0.25, -0.2) is 13.8 Å². The molecule has 3 aromatic rings. The van der Waals surface area contributed by atoms with E-state index in [1.807, 2.05) is 11.4 Å². The highest BCUT2D eigenvalue weighted by atomic mass is 32.2. The molecule has 1 unspecified atom stereocenters. The summed E-state index contributed by atoms with van der Waals surface area (Å²) in [6.07, 6.45) is 1.59. The molecular weight excluding hydrogens is 366 g/mol. The van der Waals surface area contributed by atoms with E-state index < -0.39 is 22.8 Å². The smallest absolute Gasteiger partial charge is 0.237 e. The number of aromatic nitrogens is 1. The van der Waals surface area contributed by atoms with Crippen molar-refractivity contribution in [1.29, 1.82) is 0 Å². The van der Waals surface area contributed by atoms with Crippen LogP contribution in [-0.2, 0) is 10.5 Å². The summed E-state index contributed by atoms with van der Waals surface area (Å²) in [6.45, 7) is 1.71. The Kier molecular flexibility index (Phi) is 5.50. The Bertz CT molecular complexity index is 865. The van der Waals surface area contributed by atoms with E-state index in [0.717, 1.165) is 28.9 Å². The van der Waals surface area contributed by atoms with Gasteiger partial charge in [0, 0.05) is 17.2 Å². The minimum atomic E-state index is -0.672. The second kappa shape index (κ2) is 7.79. The van der Waals surface area contributed by atoms with Crippen molar-refractivity contribution in [2.24, 2.45) is 0 Å². The molecule has 2 heterocycles. The average molecular weight is 380 g/mol. The van der Waals surface area contributed by atoms with Crippen LogP contribution in [0.15, 0.2) is 46.4 Å². The lowest BCUT2D eigenvalue weighted by atomic mass is 10.3. The highest BCUT2D eigenvalue weighted by molar-refractivity contribution is 7.99. The van der Waals surface area contributed by atoms with E-state index in [4.69, 9.17) is 4.42 Å². The number of benzene rings is 1. The summed E-state index contributed by atoms with van der Waals surface area (Å²) in [5.41, 5.74) is 0.671. The zero-order chi connectivity index (χ0) is 17.8. The van der Waals surface area contributed by atoms with E-state index in [-0.39, 0.29) is 5.69 Å². The molecule has 1 aromatic carbocycles. The number of hydrogen-bond acceptors (Lipinski definition) is 5. The van der Waals surface area contributed by atoms with Crippen LogP contribution < -0.4 is 5.32 Å². The summed E-state index contributed by atoms with van der Waals surface area (Å²) in [5.74, 6) is -0.443. The molecule has 0 bridgehead atoms. The van der Waals surface area contributed by atoms with Gasteiger partial charge in [0.05, 0.1) is 22.9 Å². The number of rotatable bonds is 6. The zero-order valence-corrected chi connectivity index (χ0v) is 14.8. The van der Waals surface area contributed by atoms with Crippen molar-refractivity contribution in [3.63, 3.8) is 0 Å². The van der Waals surface area contributed by atoms with Crippen LogP contribution in [0.1, 0.15) is 12.6 Å². The molecule has 8 heteroatoms. The number of nitrogens with one attached hydrogen (secondary N) is 1. The Morgan fingerprint density at radius 2 is 2.24 bits per heavy atom. The molecular formula is C17H14F2N2O2S2. The molecule has 2 aromatic heterocycles. The molecule has 0 fully saturated rings. The van der Waals surface area contributed by atoms with Crippen molar-refractivity contribution in [3.8, 4) is 10.8 Å². The Balaban J connectivity index is 1.56. The van der Waals surface area contributed by atoms with Gasteiger partial charge in [-0.2, -0.15) is 0 Å². The number of furan rings is 1. The predicted octanol–water partition coefficient (Wildman–Crippen LogP) is 4.94. The predicted molar refractivity (Wildman–Crippen MR) is 95.6 cm³/mol. The number of hydrogen-bond donors (Lipinski definition) is 1. The van der Waals surface area contributed by atoms with Crippen molar-refractivity contribution in [1.82, 2.24) is 4.98 Å². The average Bonchev–Trinajstić information content (AvgIpc) is 3.26. The number of carbonyl (C=O) groups is 1. The second-order valence-electron chi connectivity index (χ2n) is 5.19. The van der Waals surface area contributed by atoms with E-state index in [1.54, 1.807) is 19.3 Å². The fraction of sp³-hybridized carbons (Fsp3) is 0.176. The van der Waals surface area contributed by atoms with Crippen molar-refractivity contribution in [2.75, 3.05) is 5.32 Å². The third-order valence-corrected chi connectivity index (χ3v) is 5.40. The molecule has 1 atom stereocenters. The highest BCUT2D eigenvalue weighted by Gasteiger charge is 2.17. The van der Waals surface area contributed by atoms with Gasteiger partial charge in [0.1, 0.15) is 11.6 Å². The second-order valence-corrected chi connectivity index (χ2v) is 7.38. The molecule has 1 amide bonds. The number of carbonyl (C=O) groups excluding carboxylic acids is 1. The topological polar surface area (TPSA) is 55.1 Å². The van der Waals surface area contributed by atoms with E-state index >= 15 is 0 Å². The van der Waals surface area contributed by atoms with Crippen molar-refractivity contribution < 1.29 is 18.0 Å². The van der Waals surface area contributed by atoms with Crippen LogP contribution >= 0.6 is 23.1 Å². The molecule has 0 aliphatic rings. The van der Waals surface area contributed by atoms with E-state index in [2.05, 4.69) is 10.3 Å². The van der Waals surface area contributed by atoms with Crippen molar-refractivity contribution >= 4 is 34.7 Å². The van der Waals surface area contributed by atoms with Gasteiger partial charge in [0.2, 0.25) is 5.91 Å². The van der Waals surface area contributed by atoms with Crippen LogP contribution in [0.3, 0.4) is 0 Å². The number of thioether (sulfide) groups is 1. The quantitative estimate of drug-likeness (QED) is 0.658. The van der Waals surface area contributed by atoms with Crippen molar-refractivity contribution in [2.45, 2.75) is 17.9 Å². The minimum Gasteiger partial charge on any atom is -0.462 e. The van der Waals surface area contributed by atoms with Gasteiger partial charge in [0.15, 0.2) is 10.8 Å². The number of amides is 1. The normalized spacial score (nSPS) is 12.1. The molecule has 0 spiro atoms. The third-order valence-electron chi connectivity index (χ3n) is 3.32. The van der Waals surface area contributed by atoms with E-state index in [0.29, 0.717) is 11.5 Å². The van der Waals surface area contributed by atoms with Crippen molar-refractivity contribution in [3.05, 3.63) is 59.3 Å². The van der Waals surface area contributed by atoms with E-state index in [9.17, 15) is 13.6 Å². The number of halogens is 2. The Hall–Kier alpha value is -2.19. The zero-order valence-electron chi connectivity index (χ0n) is 13.2. The molecule has 130 valence electrons. The molecule has 0 aliphatic heterocycles. The van der Waals surface area contributed by atoms with Gasteiger partial charge in [0.25, 0.3) is 0 Å². The van der Waals surface area contributed by atoms with Crippen LogP contribution in [0.2, 0.25) is 0 Å². The Morgan fingerprint density at radius 3 is 3.00 bits per heavy atom. The van der Waals surface area contributed by atoms with Gasteiger partial charge in [-0.3, -0.25) is 4.79 Å². The van der Waals surface area contributed by atoms with E-state index in [1.165, 1.54) is 23.1 Å². The van der Waals surface area contributed by atoms with Crippen LogP contribution in [0, 0.1) is 11.6 Å². The first-order valence-electron chi connectivity index (χ1n) is 7.38. The molecule has 25 heavy (non-hydrogen) atoms. The minimum absolute atomic E-state index is 0.161. The Morgan fingerprint density at radius 1 is 1.40 bits per heavy atom. The summed E-state index contributed by atoms with van der Waals surface area (Å²) >= 11 is 2.83. The van der Waals surface area contributed by atoms with Crippen LogP contribution in [0.4, 0.5) is 14.5 Å². The lowest BCUT2D eigenvalue weighted by Crippen LogP contribution is -2.23. The first-order chi connectivity index (χ1) is 12.0. The maximum absolute atomic E-state index is 13.6. The molecule has 3 rings (SSSR count).